The Kier molecular flexibility index (Phi) is 9.19. The van der Waals surface area contributed by atoms with Crippen LogP contribution in [0.3, 0.4) is 0 Å². The molecule has 0 saturated heterocycles. The van der Waals surface area contributed by atoms with E-state index >= 15 is 0 Å². The van der Waals surface area contributed by atoms with Crippen LogP contribution in [-0.4, -0.2) is 9.55 Å². The van der Waals surface area contributed by atoms with Crippen LogP contribution in [0.15, 0.2) is 194 Å². The number of para-hydroxylation sites is 4. The molecule has 0 fully saturated rings. The van der Waals surface area contributed by atoms with E-state index in [4.69, 9.17) is 4.98 Å². The monoisotopic (exact) mass is 884 g/mol. The van der Waals surface area contributed by atoms with Gasteiger partial charge in [0, 0.05) is 49.8 Å². The molecule has 55 heavy (non-hydrogen) atoms. The van der Waals surface area contributed by atoms with E-state index < -0.39 is 0 Å². The van der Waals surface area contributed by atoms with Crippen molar-refractivity contribution in [2.45, 2.75) is 0 Å². The van der Waals surface area contributed by atoms with Gasteiger partial charge in [0.25, 0.3) is 0 Å². The molecule has 4 nitrogen and oxygen atoms in total. The van der Waals surface area contributed by atoms with E-state index in [0.717, 1.165) is 83.8 Å². The summed E-state index contributed by atoms with van der Waals surface area (Å²) in [6.07, 6.45) is 1.85. The Hall–Kier alpha value is -6.48. The van der Waals surface area contributed by atoms with Crippen LogP contribution in [0, 0.1) is 18.8 Å². The van der Waals surface area contributed by atoms with Crippen molar-refractivity contribution in [3.8, 4) is 5.82 Å². The molecular weight excluding hydrogens is 852 g/mol. The Balaban J connectivity index is 0.00000397. The maximum absolute atomic E-state index is 4.80. The maximum Gasteiger partial charge on any atom is 0.136 e. The summed E-state index contributed by atoms with van der Waals surface area (Å²) < 4.78 is 2.23. The average molecular weight is 885 g/mol. The van der Waals surface area contributed by atoms with E-state index in [1.165, 1.54) is 0 Å². The van der Waals surface area contributed by atoms with Gasteiger partial charge in [0.1, 0.15) is 5.82 Å². The largest absolute Gasteiger partial charge is 0.488 e. The first-order chi connectivity index (χ1) is 26.8. The van der Waals surface area contributed by atoms with Crippen molar-refractivity contribution in [1.82, 2.24) is 9.55 Å². The molecule has 0 N–H and O–H groups in total. The first kappa shape index (κ1) is 34.3. The maximum atomic E-state index is 4.80. The molecule has 2 aromatic heterocycles. The zero-order valence-electron chi connectivity index (χ0n) is 29.7. The summed E-state index contributed by atoms with van der Waals surface area (Å²) in [5.74, 6) is 0.855. The summed E-state index contributed by atoms with van der Waals surface area (Å²) in [5, 5.41) is 2.29. The molecular formula is C50H33N4Pt-3. The normalized spacial score (nSPS) is 12.1. The number of rotatable bonds is 7. The first-order valence-corrected chi connectivity index (χ1v) is 18.1. The van der Waals surface area contributed by atoms with Crippen LogP contribution in [0.5, 0.6) is 0 Å². The van der Waals surface area contributed by atoms with E-state index in [2.05, 4.69) is 209 Å². The Morgan fingerprint density at radius 3 is 1.80 bits per heavy atom. The molecule has 7 aromatic carbocycles. The fourth-order valence-corrected chi connectivity index (χ4v) is 7.68. The van der Waals surface area contributed by atoms with Crippen molar-refractivity contribution >= 4 is 55.7 Å². The molecule has 0 radical (unpaired) electrons. The second-order valence-electron chi connectivity index (χ2n) is 13.3. The number of benzene rings is 7. The molecule has 0 unspecified atom stereocenters. The van der Waals surface area contributed by atoms with Crippen molar-refractivity contribution in [1.29, 1.82) is 0 Å². The first-order valence-electron chi connectivity index (χ1n) is 18.1. The van der Waals surface area contributed by atoms with Crippen LogP contribution in [-0.2, 0) is 21.1 Å². The summed E-state index contributed by atoms with van der Waals surface area (Å²) in [6.45, 7) is 2.16. The van der Waals surface area contributed by atoms with E-state index in [0.29, 0.717) is 0 Å². The van der Waals surface area contributed by atoms with Crippen LogP contribution in [0.1, 0.15) is 22.3 Å². The van der Waals surface area contributed by atoms with Crippen LogP contribution in [0.2, 0.25) is 0 Å². The van der Waals surface area contributed by atoms with E-state index in [1.54, 1.807) is 0 Å². The predicted octanol–water partition coefficient (Wildman–Crippen LogP) is 12.2. The molecule has 0 aliphatic carbocycles. The van der Waals surface area contributed by atoms with Gasteiger partial charge in [-0.3, -0.25) is 0 Å². The SMILES string of the molecule is [Pt].[c-]1c(C(=C(c2ccccc2)c2ccccc2)c2[c-]c3c(cc2)c2ccccc2n3-c2ccccn2)cccc1N1[CH-]N(c2ccccc2)c2ccccc21. The molecule has 1 aliphatic rings. The van der Waals surface area contributed by atoms with Gasteiger partial charge >= 0.3 is 0 Å². The fraction of sp³-hybridized carbons (Fsp3) is 0. The smallest absolute Gasteiger partial charge is 0.136 e. The average Bonchev–Trinajstić information content (AvgIpc) is 3.80. The fourth-order valence-electron chi connectivity index (χ4n) is 7.68. The zero-order chi connectivity index (χ0) is 35.8. The van der Waals surface area contributed by atoms with Crippen molar-refractivity contribution in [3.05, 3.63) is 235 Å². The Morgan fingerprint density at radius 2 is 1.09 bits per heavy atom. The van der Waals surface area contributed by atoms with Crippen molar-refractivity contribution in [3.63, 3.8) is 0 Å². The van der Waals surface area contributed by atoms with Crippen molar-refractivity contribution < 1.29 is 21.1 Å². The van der Waals surface area contributed by atoms with Crippen LogP contribution in [0.25, 0.3) is 38.8 Å². The third kappa shape index (κ3) is 6.15. The van der Waals surface area contributed by atoms with E-state index in [9.17, 15) is 0 Å². The van der Waals surface area contributed by atoms with Crippen molar-refractivity contribution in [2.75, 3.05) is 9.80 Å². The molecule has 3 heterocycles. The summed E-state index contributed by atoms with van der Waals surface area (Å²) in [6, 6.07) is 73.7. The molecule has 5 heteroatoms. The summed E-state index contributed by atoms with van der Waals surface area (Å²) in [4.78, 5) is 9.27. The molecule has 0 saturated carbocycles. The molecule has 266 valence electrons. The van der Waals surface area contributed by atoms with E-state index in [1.807, 2.05) is 18.3 Å². The number of hydrogen-bond acceptors (Lipinski definition) is 3. The van der Waals surface area contributed by atoms with Crippen LogP contribution < -0.4 is 9.80 Å². The van der Waals surface area contributed by atoms with Gasteiger partial charge in [-0.2, -0.15) is 0 Å². The molecule has 0 bridgehead atoms. The third-order valence-corrected chi connectivity index (χ3v) is 10.1. The van der Waals surface area contributed by atoms with Gasteiger partial charge in [-0.05, 0) is 70.1 Å². The standard InChI is InChI=1S/C50H33N4.Pt/c1-4-17-36(18-5-1)49(37-19-6-2-7-20-37)50(39-30-31-43-42-25-10-11-26-44(42)54(47(43)34-39)48-29-14-15-32-51-48)38-21-16-24-41(33-38)53-35-52(40-22-8-3-9-23-40)45-27-12-13-28-46(45)53;/h1-32,35H;/q-3;. The number of pyridine rings is 1. The number of nitrogens with zero attached hydrogens (tertiary/aromatic N) is 4. The minimum Gasteiger partial charge on any atom is -0.488 e. The van der Waals surface area contributed by atoms with Crippen LogP contribution in [0.4, 0.5) is 22.7 Å². The Bertz CT molecular complexity index is 2750. The van der Waals surface area contributed by atoms with Crippen LogP contribution >= 0.6 is 0 Å². The minimum atomic E-state index is 0. The second-order valence-corrected chi connectivity index (χ2v) is 13.3. The molecule has 9 aromatic rings. The summed E-state index contributed by atoms with van der Waals surface area (Å²) in [7, 11) is 0. The minimum absolute atomic E-state index is 0. The Labute approximate surface area is 335 Å². The summed E-state index contributed by atoms with van der Waals surface area (Å²) >= 11 is 0. The third-order valence-electron chi connectivity index (χ3n) is 10.1. The zero-order valence-corrected chi connectivity index (χ0v) is 31.9. The molecule has 0 amide bonds. The molecule has 0 atom stereocenters. The summed E-state index contributed by atoms with van der Waals surface area (Å²) in [5.41, 5.74) is 12.6. The van der Waals surface area contributed by atoms with Gasteiger partial charge in [-0.1, -0.05) is 126 Å². The number of aromatic nitrogens is 2. The Morgan fingerprint density at radius 1 is 0.473 bits per heavy atom. The van der Waals surface area contributed by atoms with Crippen molar-refractivity contribution in [2.24, 2.45) is 0 Å². The molecule has 10 rings (SSSR count). The van der Waals surface area contributed by atoms with Gasteiger partial charge < -0.3 is 14.4 Å². The molecule has 0 spiro atoms. The predicted molar refractivity (Wildman–Crippen MR) is 222 cm³/mol. The number of anilines is 4. The van der Waals surface area contributed by atoms with Gasteiger partial charge in [0.2, 0.25) is 0 Å². The number of fused-ring (bicyclic) bond motifs is 4. The quantitative estimate of drug-likeness (QED) is 0.118. The van der Waals surface area contributed by atoms with Gasteiger partial charge in [-0.25, -0.2) is 4.98 Å². The number of hydrogen-bond donors (Lipinski definition) is 0. The molecule has 1 aliphatic heterocycles. The van der Waals surface area contributed by atoms with Gasteiger partial charge in [0.15, 0.2) is 0 Å². The topological polar surface area (TPSA) is 24.3 Å². The van der Waals surface area contributed by atoms with Gasteiger partial charge in [-0.15, -0.1) is 65.8 Å². The van der Waals surface area contributed by atoms with E-state index in [-0.39, 0.29) is 21.1 Å². The van der Waals surface area contributed by atoms with Gasteiger partial charge in [0.05, 0.1) is 0 Å². The second kappa shape index (κ2) is 14.7.